The van der Waals surface area contributed by atoms with Crippen molar-refractivity contribution in [3.05, 3.63) is 64.4 Å². The summed E-state index contributed by atoms with van der Waals surface area (Å²) in [5.41, 5.74) is 1.44. The number of hydrogen-bond acceptors (Lipinski definition) is 6. The molecule has 1 unspecified atom stereocenters. The molecule has 150 valence electrons. The van der Waals surface area contributed by atoms with E-state index >= 15 is 0 Å². The van der Waals surface area contributed by atoms with Crippen LogP contribution in [0.4, 0.5) is 4.39 Å². The number of thioether (sulfide) groups is 1. The first-order valence-corrected chi connectivity index (χ1v) is 9.63. The number of aliphatic carboxylic acids is 1. The van der Waals surface area contributed by atoms with E-state index in [9.17, 15) is 14.0 Å². The van der Waals surface area contributed by atoms with Gasteiger partial charge in [-0.3, -0.25) is 9.59 Å². The van der Waals surface area contributed by atoms with Crippen LogP contribution in [0.25, 0.3) is 0 Å². The molecule has 0 aliphatic carbocycles. The minimum Gasteiger partial charge on any atom is -0.489 e. The summed E-state index contributed by atoms with van der Waals surface area (Å²) in [6, 6.07) is 11.4. The molecule has 1 aliphatic rings. The first kappa shape index (κ1) is 20.8. The van der Waals surface area contributed by atoms with Crippen LogP contribution >= 0.6 is 23.4 Å². The Kier molecular flexibility index (Phi) is 6.84. The Hall–Kier alpha value is -2.91. The third-order valence-electron chi connectivity index (χ3n) is 3.74. The van der Waals surface area contributed by atoms with Crippen molar-refractivity contribution in [2.75, 3.05) is 0 Å². The average molecular weight is 436 g/mol. The average Bonchev–Trinajstić information content (AvgIpc) is 3.02. The van der Waals surface area contributed by atoms with E-state index in [0.29, 0.717) is 11.3 Å². The number of rotatable bonds is 7. The minimum atomic E-state index is -1.05. The first-order valence-electron chi connectivity index (χ1n) is 8.38. The predicted octanol–water partition coefficient (Wildman–Crippen LogP) is 3.45. The maximum absolute atomic E-state index is 13.2. The van der Waals surface area contributed by atoms with Gasteiger partial charge in [0, 0.05) is 0 Å². The third kappa shape index (κ3) is 6.03. The number of nitrogens with one attached hydrogen (secondary N) is 1. The first-order chi connectivity index (χ1) is 13.9. The number of carbonyl (C=O) groups is 2. The molecule has 3 rings (SSSR count). The van der Waals surface area contributed by atoms with E-state index in [2.05, 4.69) is 15.5 Å². The highest BCUT2D eigenvalue weighted by molar-refractivity contribution is 8.15. The molecule has 2 N–H and O–H groups in total. The zero-order valence-electron chi connectivity index (χ0n) is 14.8. The van der Waals surface area contributed by atoms with Crippen molar-refractivity contribution in [2.24, 2.45) is 10.2 Å². The molecule has 0 aromatic heterocycles. The van der Waals surface area contributed by atoms with Crippen LogP contribution in [0.5, 0.6) is 5.75 Å². The molecule has 1 fully saturated rings. The van der Waals surface area contributed by atoms with E-state index in [4.69, 9.17) is 21.4 Å². The summed E-state index contributed by atoms with van der Waals surface area (Å²) in [5, 5.41) is 18.7. The summed E-state index contributed by atoms with van der Waals surface area (Å²) in [6.45, 7) is 0.219. The number of benzene rings is 2. The number of carbonyl (C=O) groups excluding carboxylic acids is 1. The number of hydrogen-bond donors (Lipinski definition) is 2. The fourth-order valence-corrected chi connectivity index (χ4v) is 3.49. The van der Waals surface area contributed by atoms with Gasteiger partial charge >= 0.3 is 5.97 Å². The van der Waals surface area contributed by atoms with E-state index < -0.39 is 22.9 Å². The molecule has 0 saturated carbocycles. The van der Waals surface area contributed by atoms with Gasteiger partial charge in [-0.15, -0.1) is 5.10 Å². The van der Waals surface area contributed by atoms with Crippen LogP contribution in [-0.4, -0.2) is 33.6 Å². The molecule has 0 spiro atoms. The van der Waals surface area contributed by atoms with Crippen LogP contribution in [0.2, 0.25) is 5.02 Å². The summed E-state index contributed by atoms with van der Waals surface area (Å²) in [4.78, 5) is 22.4. The lowest BCUT2D eigenvalue weighted by Gasteiger charge is -2.07. The minimum absolute atomic E-state index is 0.0357. The Labute approximate surface area is 174 Å². The lowest BCUT2D eigenvalue weighted by atomic mass is 10.2. The molecule has 1 saturated heterocycles. The molecule has 0 bridgehead atoms. The second-order valence-corrected chi connectivity index (χ2v) is 7.55. The van der Waals surface area contributed by atoms with Crippen molar-refractivity contribution in [1.82, 2.24) is 5.32 Å². The van der Waals surface area contributed by atoms with Gasteiger partial charge in [0.15, 0.2) is 5.17 Å². The highest BCUT2D eigenvalue weighted by Gasteiger charge is 2.32. The second kappa shape index (κ2) is 9.53. The van der Waals surface area contributed by atoms with E-state index in [0.717, 1.165) is 17.3 Å². The quantitative estimate of drug-likeness (QED) is 0.512. The maximum Gasteiger partial charge on any atom is 0.305 e. The van der Waals surface area contributed by atoms with Crippen LogP contribution in [0, 0.1) is 5.82 Å². The molecule has 29 heavy (non-hydrogen) atoms. The highest BCUT2D eigenvalue weighted by Crippen LogP contribution is 2.22. The second-order valence-electron chi connectivity index (χ2n) is 5.95. The molecule has 1 aliphatic heterocycles. The van der Waals surface area contributed by atoms with E-state index in [1.807, 2.05) is 0 Å². The molecule has 10 heteroatoms. The fraction of sp³-hybridized carbons (Fsp3) is 0.158. The molecule has 1 amide bonds. The molecule has 2 aromatic rings. The van der Waals surface area contributed by atoms with Gasteiger partial charge in [0.25, 0.3) is 0 Å². The van der Waals surface area contributed by atoms with Crippen molar-refractivity contribution in [1.29, 1.82) is 0 Å². The number of amides is 1. The van der Waals surface area contributed by atoms with E-state index in [1.165, 1.54) is 18.3 Å². The summed E-state index contributed by atoms with van der Waals surface area (Å²) in [6.07, 6.45) is 1.20. The van der Waals surface area contributed by atoms with Crippen molar-refractivity contribution in [2.45, 2.75) is 18.3 Å². The van der Waals surface area contributed by atoms with Crippen molar-refractivity contribution >= 4 is 46.6 Å². The van der Waals surface area contributed by atoms with E-state index in [-0.39, 0.29) is 23.2 Å². The Balaban J connectivity index is 1.58. The molecule has 7 nitrogen and oxygen atoms in total. The van der Waals surface area contributed by atoms with Gasteiger partial charge in [0.2, 0.25) is 5.91 Å². The fourth-order valence-electron chi connectivity index (χ4n) is 2.37. The van der Waals surface area contributed by atoms with Crippen LogP contribution in [-0.2, 0) is 16.2 Å². The van der Waals surface area contributed by atoms with Gasteiger partial charge in [0.05, 0.1) is 17.7 Å². The molecule has 1 heterocycles. The summed E-state index contributed by atoms with van der Waals surface area (Å²) in [7, 11) is 0. The van der Waals surface area contributed by atoms with Crippen LogP contribution in [0.1, 0.15) is 17.5 Å². The molecule has 0 radical (unpaired) electrons. The monoisotopic (exact) mass is 435 g/mol. The van der Waals surface area contributed by atoms with Crippen molar-refractivity contribution in [3.63, 3.8) is 0 Å². The van der Waals surface area contributed by atoms with E-state index in [1.54, 1.807) is 30.3 Å². The largest absolute Gasteiger partial charge is 0.489 e. The lowest BCUT2D eigenvalue weighted by Crippen LogP contribution is -2.26. The topological polar surface area (TPSA) is 100 Å². The zero-order chi connectivity index (χ0) is 20.8. The number of halogens is 2. The summed E-state index contributed by atoms with van der Waals surface area (Å²) >= 11 is 6.78. The smallest absolute Gasteiger partial charge is 0.305 e. The van der Waals surface area contributed by atoms with Gasteiger partial charge < -0.3 is 15.2 Å². The zero-order valence-corrected chi connectivity index (χ0v) is 16.4. The SMILES string of the molecule is O=C(O)CC1SC(=NN=Cc2cccc(OCc3ccc(F)c(Cl)c3)c2)NC1=O. The van der Waals surface area contributed by atoms with Crippen LogP contribution < -0.4 is 10.1 Å². The maximum atomic E-state index is 13.2. The highest BCUT2D eigenvalue weighted by atomic mass is 35.5. The van der Waals surface area contributed by atoms with Gasteiger partial charge in [-0.05, 0) is 35.4 Å². The molecular weight excluding hydrogens is 421 g/mol. The van der Waals surface area contributed by atoms with Crippen LogP contribution in [0.3, 0.4) is 0 Å². The number of nitrogens with zero attached hydrogens (tertiary/aromatic N) is 2. The lowest BCUT2D eigenvalue weighted by molar-refractivity contribution is -0.138. The third-order valence-corrected chi connectivity index (χ3v) is 5.10. The number of ether oxygens (including phenoxy) is 1. The Bertz CT molecular complexity index is 999. The van der Waals surface area contributed by atoms with Gasteiger partial charge in [-0.1, -0.05) is 41.6 Å². The Morgan fingerprint density at radius 1 is 1.34 bits per heavy atom. The Morgan fingerprint density at radius 3 is 2.93 bits per heavy atom. The van der Waals surface area contributed by atoms with Crippen molar-refractivity contribution in [3.8, 4) is 5.75 Å². The molecule has 1 atom stereocenters. The van der Waals surface area contributed by atoms with Gasteiger partial charge in [0.1, 0.15) is 23.4 Å². The van der Waals surface area contributed by atoms with Crippen LogP contribution in [0.15, 0.2) is 52.7 Å². The van der Waals surface area contributed by atoms with Crippen molar-refractivity contribution < 1.29 is 23.8 Å². The number of carboxylic acid groups (broad SMARTS) is 1. The predicted molar refractivity (Wildman–Crippen MR) is 109 cm³/mol. The summed E-state index contributed by atoms with van der Waals surface area (Å²) in [5.74, 6) is -1.36. The molecule has 2 aromatic carbocycles. The normalized spacial score (nSPS) is 17.7. The number of amidine groups is 1. The Morgan fingerprint density at radius 2 is 2.17 bits per heavy atom. The molecular formula is C19H15ClFN3O4S. The number of carboxylic acids is 1. The standard InChI is InChI=1S/C19H15ClFN3O4S/c20-14-7-12(4-5-15(14)21)10-28-13-3-1-2-11(6-13)9-22-24-19-23-18(27)16(29-19)8-17(25)26/h1-7,9,16H,8,10H2,(H,25,26)(H,23,24,27). The van der Waals surface area contributed by atoms with Gasteiger partial charge in [-0.2, -0.15) is 5.10 Å². The summed E-state index contributed by atoms with van der Waals surface area (Å²) < 4.78 is 18.9. The van der Waals surface area contributed by atoms with Gasteiger partial charge in [-0.25, -0.2) is 4.39 Å².